The Morgan fingerprint density at radius 2 is 1.94 bits per heavy atom. The van der Waals surface area contributed by atoms with Crippen LogP contribution in [0.2, 0.25) is 0 Å². The summed E-state index contributed by atoms with van der Waals surface area (Å²) in [5.41, 5.74) is 2.26. The minimum atomic E-state index is -5.08. The van der Waals surface area contributed by atoms with Crippen LogP contribution in [0.5, 0.6) is 0 Å². The van der Waals surface area contributed by atoms with Gasteiger partial charge in [-0.1, -0.05) is 6.07 Å². The van der Waals surface area contributed by atoms with Gasteiger partial charge in [0.25, 0.3) is 5.91 Å². The average molecular weight is 456 g/mol. The lowest BCUT2D eigenvalue weighted by Crippen LogP contribution is -2.45. The summed E-state index contributed by atoms with van der Waals surface area (Å²) in [6.07, 6.45) is 0.361. The largest absolute Gasteiger partial charge is 0.490 e. The Morgan fingerprint density at radius 3 is 2.55 bits per heavy atom. The third-order valence-electron chi connectivity index (χ3n) is 5.59. The molecule has 6 nitrogen and oxygen atoms in total. The molecule has 168 valence electrons. The molecule has 4 rings (SSSR count). The summed E-state index contributed by atoms with van der Waals surface area (Å²) >= 11 is 1.59. The van der Waals surface area contributed by atoms with Crippen molar-refractivity contribution in [1.82, 2.24) is 14.8 Å². The maximum absolute atomic E-state index is 12.6. The highest BCUT2D eigenvalue weighted by Gasteiger charge is 2.43. The van der Waals surface area contributed by atoms with Crippen molar-refractivity contribution in [2.75, 3.05) is 26.2 Å². The number of nitrogens with zero attached hydrogens (tertiary/aromatic N) is 3. The lowest BCUT2D eigenvalue weighted by atomic mass is 9.79. The van der Waals surface area contributed by atoms with Gasteiger partial charge < -0.3 is 10.0 Å². The predicted molar refractivity (Wildman–Crippen MR) is 110 cm³/mol. The number of pyridine rings is 1. The number of halogens is 3. The molecule has 2 aliphatic rings. The molecule has 0 radical (unpaired) electrons. The number of rotatable bonds is 3. The van der Waals surface area contributed by atoms with Gasteiger partial charge in [-0.2, -0.15) is 24.5 Å². The van der Waals surface area contributed by atoms with Crippen LogP contribution in [0, 0.1) is 5.41 Å². The van der Waals surface area contributed by atoms with Gasteiger partial charge in [0.15, 0.2) is 0 Å². The summed E-state index contributed by atoms with van der Waals surface area (Å²) in [5, 5.41) is 11.1. The number of carbonyl (C=O) groups is 2. The number of likely N-dealkylation sites (tertiary alicyclic amines) is 2. The van der Waals surface area contributed by atoms with Crippen molar-refractivity contribution in [2.45, 2.75) is 32.0 Å². The molecule has 2 saturated heterocycles. The lowest BCUT2D eigenvalue weighted by Gasteiger charge is -2.40. The number of aromatic nitrogens is 1. The normalized spacial score (nSPS) is 21.6. The minimum absolute atomic E-state index is 0.204. The molecule has 4 heterocycles. The first kappa shape index (κ1) is 23.2. The smallest absolute Gasteiger partial charge is 0.475 e. The van der Waals surface area contributed by atoms with Crippen LogP contribution in [-0.4, -0.2) is 64.1 Å². The molecular weight excluding hydrogens is 431 g/mol. The number of carbonyl (C=O) groups excluding carboxylic acids is 1. The second kappa shape index (κ2) is 9.78. The Bertz CT molecular complexity index is 877. The quantitative estimate of drug-likeness (QED) is 0.760. The van der Waals surface area contributed by atoms with E-state index in [4.69, 9.17) is 9.90 Å². The second-order valence-corrected chi connectivity index (χ2v) is 8.71. The number of hydrogen-bond acceptors (Lipinski definition) is 5. The zero-order valence-corrected chi connectivity index (χ0v) is 17.7. The molecular formula is C21H24F3N3O3S. The van der Waals surface area contributed by atoms with Crippen LogP contribution < -0.4 is 0 Å². The number of hydrogen-bond donors (Lipinski definition) is 1. The van der Waals surface area contributed by atoms with E-state index in [-0.39, 0.29) is 11.3 Å². The van der Waals surface area contributed by atoms with Gasteiger partial charge in [-0.25, -0.2) is 4.79 Å². The van der Waals surface area contributed by atoms with Gasteiger partial charge in [0, 0.05) is 43.2 Å². The molecule has 2 aromatic heterocycles. The highest BCUT2D eigenvalue weighted by Crippen LogP contribution is 2.39. The lowest BCUT2D eigenvalue weighted by molar-refractivity contribution is -0.192. The van der Waals surface area contributed by atoms with E-state index < -0.39 is 12.1 Å². The topological polar surface area (TPSA) is 73.7 Å². The van der Waals surface area contributed by atoms with E-state index in [9.17, 15) is 18.0 Å². The number of piperidine rings is 1. The molecule has 2 fully saturated rings. The zero-order chi connectivity index (χ0) is 22.5. The fourth-order valence-corrected chi connectivity index (χ4v) is 4.81. The number of carboxylic acid groups (broad SMARTS) is 1. The summed E-state index contributed by atoms with van der Waals surface area (Å²) in [6.45, 7) is 4.93. The molecule has 1 atom stereocenters. The van der Waals surface area contributed by atoms with Crippen LogP contribution in [-0.2, 0) is 11.3 Å². The predicted octanol–water partition coefficient (Wildman–Crippen LogP) is 3.90. The molecule has 0 aromatic carbocycles. The second-order valence-electron chi connectivity index (χ2n) is 7.93. The summed E-state index contributed by atoms with van der Waals surface area (Å²) in [7, 11) is 0. The van der Waals surface area contributed by atoms with Crippen molar-refractivity contribution in [3.05, 3.63) is 52.5 Å². The third kappa shape index (κ3) is 6.27. The fraction of sp³-hybridized carbons (Fsp3) is 0.476. The fourth-order valence-electron chi connectivity index (χ4n) is 4.18. The van der Waals surface area contributed by atoms with Gasteiger partial charge >= 0.3 is 12.1 Å². The van der Waals surface area contributed by atoms with E-state index in [1.54, 1.807) is 11.3 Å². The molecule has 1 N–H and O–H groups in total. The van der Waals surface area contributed by atoms with Crippen molar-refractivity contribution in [1.29, 1.82) is 0 Å². The van der Waals surface area contributed by atoms with Gasteiger partial charge in [0.1, 0.15) is 0 Å². The Hall–Kier alpha value is -2.46. The van der Waals surface area contributed by atoms with E-state index >= 15 is 0 Å². The van der Waals surface area contributed by atoms with E-state index in [0.717, 1.165) is 50.4 Å². The van der Waals surface area contributed by atoms with Crippen LogP contribution in [0.4, 0.5) is 13.2 Å². The van der Waals surface area contributed by atoms with Crippen molar-refractivity contribution >= 4 is 23.2 Å². The number of alkyl halides is 3. The van der Waals surface area contributed by atoms with Gasteiger partial charge in [-0.05, 0) is 49.4 Å². The first-order valence-corrected chi connectivity index (χ1v) is 10.9. The van der Waals surface area contributed by atoms with E-state index in [0.29, 0.717) is 0 Å². The van der Waals surface area contributed by atoms with Gasteiger partial charge in [0.05, 0.1) is 11.3 Å². The number of amides is 1. The molecule has 1 amide bonds. The highest BCUT2D eigenvalue weighted by atomic mass is 32.1. The van der Waals surface area contributed by atoms with Crippen LogP contribution in [0.3, 0.4) is 0 Å². The monoisotopic (exact) mass is 455 g/mol. The van der Waals surface area contributed by atoms with Crippen molar-refractivity contribution < 1.29 is 27.9 Å². The molecule has 1 unspecified atom stereocenters. The first-order valence-electron chi connectivity index (χ1n) is 9.92. The Kier molecular flexibility index (Phi) is 7.32. The molecule has 0 bridgehead atoms. The summed E-state index contributed by atoms with van der Waals surface area (Å²) in [4.78, 5) is 30.6. The molecule has 0 aliphatic carbocycles. The third-order valence-corrected chi connectivity index (χ3v) is 6.27. The van der Waals surface area contributed by atoms with Gasteiger partial charge in [-0.3, -0.25) is 14.7 Å². The molecule has 2 aliphatic heterocycles. The Labute approximate surface area is 182 Å². The minimum Gasteiger partial charge on any atom is -0.475 e. The maximum atomic E-state index is 12.6. The molecule has 1 spiro atoms. The van der Waals surface area contributed by atoms with Gasteiger partial charge in [0.2, 0.25) is 0 Å². The van der Waals surface area contributed by atoms with Crippen molar-refractivity contribution in [3.8, 4) is 0 Å². The van der Waals surface area contributed by atoms with Crippen LogP contribution >= 0.6 is 11.3 Å². The molecule has 0 saturated carbocycles. The molecule has 10 heteroatoms. The highest BCUT2D eigenvalue weighted by molar-refractivity contribution is 7.08. The van der Waals surface area contributed by atoms with E-state index in [1.165, 1.54) is 12.8 Å². The summed E-state index contributed by atoms with van der Waals surface area (Å²) in [6, 6.07) is 8.06. The van der Waals surface area contributed by atoms with Crippen LogP contribution in [0.15, 0.2) is 41.2 Å². The number of aliphatic carboxylic acids is 1. The zero-order valence-electron chi connectivity index (χ0n) is 16.8. The first-order chi connectivity index (χ1) is 14.7. The Balaban J connectivity index is 0.000000339. The van der Waals surface area contributed by atoms with E-state index in [1.807, 2.05) is 29.1 Å². The number of thiophene rings is 1. The van der Waals surface area contributed by atoms with Gasteiger partial charge in [-0.15, -0.1) is 0 Å². The van der Waals surface area contributed by atoms with Crippen LogP contribution in [0.1, 0.15) is 35.3 Å². The van der Waals surface area contributed by atoms with Crippen LogP contribution in [0.25, 0.3) is 0 Å². The average Bonchev–Trinajstić information content (AvgIpc) is 3.39. The standard InChI is InChI=1S/C19H23N3OS.C2HF3O2/c23-18(16-5-11-24-13-16)22-10-7-19(15-22)6-3-9-21(14-19)12-17-4-1-2-8-20-17;3-2(4,5)1(6)7/h1-2,4-5,8,11,13H,3,6-7,9-10,12,14-15H2;(H,6,7). The Morgan fingerprint density at radius 1 is 1.16 bits per heavy atom. The summed E-state index contributed by atoms with van der Waals surface area (Å²) in [5.74, 6) is -2.55. The molecule has 2 aromatic rings. The summed E-state index contributed by atoms with van der Waals surface area (Å²) < 4.78 is 31.7. The van der Waals surface area contributed by atoms with Crippen molar-refractivity contribution in [2.24, 2.45) is 5.41 Å². The molecule has 31 heavy (non-hydrogen) atoms. The number of carboxylic acids is 1. The van der Waals surface area contributed by atoms with Crippen molar-refractivity contribution in [3.63, 3.8) is 0 Å². The SMILES string of the molecule is O=C(O)C(F)(F)F.O=C(c1ccsc1)N1CCC2(CCCN(Cc3ccccn3)C2)C1. The van der Waals surface area contributed by atoms with E-state index in [2.05, 4.69) is 26.9 Å². The maximum Gasteiger partial charge on any atom is 0.490 e.